The molecule has 27 heavy (non-hydrogen) atoms. The predicted molar refractivity (Wildman–Crippen MR) is 111 cm³/mol. The van der Waals surface area contributed by atoms with E-state index in [9.17, 15) is 4.79 Å². The first-order valence-corrected chi connectivity index (χ1v) is 11.3. The van der Waals surface area contributed by atoms with Gasteiger partial charge in [0.15, 0.2) is 0 Å². The van der Waals surface area contributed by atoms with Crippen LogP contribution in [0.4, 0.5) is 0 Å². The van der Waals surface area contributed by atoms with Crippen LogP contribution in [-0.2, 0) is 23.7 Å². The molecule has 0 aliphatic carbocycles. The minimum atomic E-state index is -0.120. The van der Waals surface area contributed by atoms with E-state index in [-0.39, 0.29) is 5.97 Å². The molecule has 0 amide bonds. The third-order valence-electron chi connectivity index (χ3n) is 4.14. The Hall–Kier alpha value is -0.360. The second kappa shape index (κ2) is 23.7. The second-order valence-electron chi connectivity index (χ2n) is 6.68. The molecule has 0 aromatic carbocycles. The number of esters is 1. The van der Waals surface area contributed by atoms with E-state index >= 15 is 0 Å². The van der Waals surface area contributed by atoms with Gasteiger partial charge in [-0.2, -0.15) is 0 Å². The van der Waals surface area contributed by atoms with Crippen molar-refractivity contribution in [1.29, 1.82) is 0 Å². The molecule has 0 aliphatic heterocycles. The Morgan fingerprint density at radius 1 is 0.630 bits per heavy atom. The van der Waals surface area contributed by atoms with E-state index in [4.69, 9.17) is 30.5 Å². The summed E-state index contributed by atoms with van der Waals surface area (Å²) in [6.45, 7) is 5.97. The van der Waals surface area contributed by atoms with Crippen LogP contribution >= 0.6 is 11.6 Å². The lowest BCUT2D eigenvalue weighted by Gasteiger charge is -2.08. The second-order valence-corrected chi connectivity index (χ2v) is 7.06. The fraction of sp³-hybridized carbons (Fsp3) is 0.952. The number of hydrogen-bond acceptors (Lipinski definition) is 5. The number of carbonyl (C=O) groups excluding carboxylic acids is 1. The van der Waals surface area contributed by atoms with Gasteiger partial charge >= 0.3 is 5.97 Å². The molecule has 0 bridgehead atoms. The molecule has 0 saturated heterocycles. The highest BCUT2D eigenvalue weighted by Gasteiger charge is 2.02. The standard InChI is InChI=1S/C21H41ClO5/c1-2-3-4-5-6-9-12-21(23)27-20-19-26-18-17-25-16-15-24-14-11-8-7-10-13-22/h2-20H2,1H3. The molecule has 0 aromatic heterocycles. The van der Waals surface area contributed by atoms with E-state index in [1.165, 1.54) is 38.5 Å². The van der Waals surface area contributed by atoms with Crippen LogP contribution in [0, 0.1) is 0 Å². The summed E-state index contributed by atoms with van der Waals surface area (Å²) in [5, 5.41) is 0. The summed E-state index contributed by atoms with van der Waals surface area (Å²) in [5.41, 5.74) is 0. The molecular weight excluding hydrogens is 368 g/mol. The van der Waals surface area contributed by atoms with E-state index in [1.807, 2.05) is 0 Å². The van der Waals surface area contributed by atoms with Crippen molar-refractivity contribution < 1.29 is 23.7 Å². The maximum absolute atomic E-state index is 11.5. The van der Waals surface area contributed by atoms with Crippen molar-refractivity contribution in [2.24, 2.45) is 0 Å². The zero-order valence-corrected chi connectivity index (χ0v) is 18.1. The number of unbranched alkanes of at least 4 members (excludes halogenated alkanes) is 8. The van der Waals surface area contributed by atoms with Gasteiger partial charge in [-0.05, 0) is 19.3 Å². The SMILES string of the molecule is CCCCCCCCC(=O)OCCOCCOCCOCCCCCCCl. The minimum Gasteiger partial charge on any atom is -0.463 e. The predicted octanol–water partition coefficient (Wildman–Crippen LogP) is 5.13. The lowest BCUT2D eigenvalue weighted by atomic mass is 10.1. The van der Waals surface area contributed by atoms with Crippen molar-refractivity contribution >= 4 is 17.6 Å². The molecule has 0 radical (unpaired) electrons. The van der Waals surface area contributed by atoms with Gasteiger partial charge in [0, 0.05) is 18.9 Å². The first kappa shape index (κ1) is 26.6. The van der Waals surface area contributed by atoms with Crippen LogP contribution in [0.5, 0.6) is 0 Å². The third-order valence-corrected chi connectivity index (χ3v) is 4.41. The van der Waals surface area contributed by atoms with Crippen LogP contribution < -0.4 is 0 Å². The Morgan fingerprint density at radius 3 is 1.81 bits per heavy atom. The molecular formula is C21H41ClO5. The lowest BCUT2D eigenvalue weighted by Crippen LogP contribution is -2.14. The van der Waals surface area contributed by atoms with E-state index in [2.05, 4.69) is 6.92 Å². The van der Waals surface area contributed by atoms with E-state index < -0.39 is 0 Å². The van der Waals surface area contributed by atoms with Gasteiger partial charge < -0.3 is 18.9 Å². The van der Waals surface area contributed by atoms with Crippen LogP contribution in [0.3, 0.4) is 0 Å². The van der Waals surface area contributed by atoms with Crippen molar-refractivity contribution in [3.63, 3.8) is 0 Å². The fourth-order valence-electron chi connectivity index (χ4n) is 2.53. The number of carbonyl (C=O) groups is 1. The molecule has 0 N–H and O–H groups in total. The highest BCUT2D eigenvalue weighted by Crippen LogP contribution is 2.07. The van der Waals surface area contributed by atoms with Crippen LogP contribution in [-0.4, -0.2) is 58.1 Å². The zero-order chi connectivity index (χ0) is 19.8. The molecule has 0 saturated carbocycles. The van der Waals surface area contributed by atoms with Gasteiger partial charge in [-0.25, -0.2) is 0 Å². The summed E-state index contributed by atoms with van der Waals surface area (Å²) in [6.07, 6.45) is 12.1. The third kappa shape index (κ3) is 23.6. The maximum atomic E-state index is 11.5. The topological polar surface area (TPSA) is 54.0 Å². The molecule has 0 heterocycles. The summed E-state index contributed by atoms with van der Waals surface area (Å²) in [4.78, 5) is 11.5. The monoisotopic (exact) mass is 408 g/mol. The normalized spacial score (nSPS) is 11.0. The number of halogens is 1. The van der Waals surface area contributed by atoms with Crippen LogP contribution in [0.15, 0.2) is 0 Å². The number of hydrogen-bond donors (Lipinski definition) is 0. The molecule has 0 fully saturated rings. The Kier molecular flexibility index (Phi) is 23.4. The van der Waals surface area contributed by atoms with Crippen LogP contribution in [0.2, 0.25) is 0 Å². The van der Waals surface area contributed by atoms with Crippen LogP contribution in [0.1, 0.15) is 77.6 Å². The molecule has 0 spiro atoms. The zero-order valence-electron chi connectivity index (χ0n) is 17.4. The summed E-state index contributed by atoms with van der Waals surface area (Å²) in [5.74, 6) is 0.628. The summed E-state index contributed by atoms with van der Waals surface area (Å²) in [7, 11) is 0. The van der Waals surface area contributed by atoms with Crippen molar-refractivity contribution in [2.75, 3.05) is 52.1 Å². The average molecular weight is 409 g/mol. The average Bonchev–Trinajstić information content (AvgIpc) is 2.67. The van der Waals surface area contributed by atoms with Crippen molar-refractivity contribution in [3.05, 3.63) is 0 Å². The highest BCUT2D eigenvalue weighted by molar-refractivity contribution is 6.17. The summed E-state index contributed by atoms with van der Waals surface area (Å²) < 4.78 is 21.4. The minimum absolute atomic E-state index is 0.120. The van der Waals surface area contributed by atoms with Gasteiger partial charge in [0.1, 0.15) is 6.61 Å². The van der Waals surface area contributed by atoms with Gasteiger partial charge in [-0.3, -0.25) is 4.79 Å². The Morgan fingerprint density at radius 2 is 1.15 bits per heavy atom. The van der Waals surface area contributed by atoms with Gasteiger partial charge in [-0.15, -0.1) is 11.6 Å². The first-order valence-electron chi connectivity index (χ1n) is 10.8. The molecule has 6 heteroatoms. The van der Waals surface area contributed by atoms with Crippen molar-refractivity contribution in [3.8, 4) is 0 Å². The number of ether oxygens (including phenoxy) is 4. The number of rotatable bonds is 22. The molecule has 0 rings (SSSR count). The quantitative estimate of drug-likeness (QED) is 0.141. The van der Waals surface area contributed by atoms with E-state index in [1.54, 1.807) is 0 Å². The molecule has 0 atom stereocenters. The largest absolute Gasteiger partial charge is 0.463 e. The Labute approximate surface area is 171 Å². The Balaban J connectivity index is 3.10. The lowest BCUT2D eigenvalue weighted by molar-refractivity contribution is -0.145. The summed E-state index contributed by atoms with van der Waals surface area (Å²) in [6, 6.07) is 0. The number of alkyl halides is 1. The van der Waals surface area contributed by atoms with Crippen molar-refractivity contribution in [2.45, 2.75) is 77.6 Å². The maximum Gasteiger partial charge on any atom is 0.305 e. The van der Waals surface area contributed by atoms with E-state index in [0.29, 0.717) is 46.1 Å². The highest BCUT2D eigenvalue weighted by atomic mass is 35.5. The van der Waals surface area contributed by atoms with Crippen molar-refractivity contribution in [1.82, 2.24) is 0 Å². The van der Waals surface area contributed by atoms with Gasteiger partial charge in [0.05, 0.1) is 33.0 Å². The fourth-order valence-corrected chi connectivity index (χ4v) is 2.72. The Bertz CT molecular complexity index is 302. The van der Waals surface area contributed by atoms with Gasteiger partial charge in [0.25, 0.3) is 0 Å². The molecule has 5 nitrogen and oxygen atoms in total. The molecule has 0 aliphatic rings. The molecule has 0 aromatic rings. The van der Waals surface area contributed by atoms with E-state index in [0.717, 1.165) is 38.2 Å². The molecule has 162 valence electrons. The van der Waals surface area contributed by atoms with Gasteiger partial charge in [-0.1, -0.05) is 51.9 Å². The smallest absolute Gasteiger partial charge is 0.305 e. The summed E-state index contributed by atoms with van der Waals surface area (Å²) >= 11 is 5.62. The van der Waals surface area contributed by atoms with Gasteiger partial charge in [0.2, 0.25) is 0 Å². The van der Waals surface area contributed by atoms with Crippen LogP contribution in [0.25, 0.3) is 0 Å². The molecule has 0 unspecified atom stereocenters. The first-order chi connectivity index (χ1) is 13.3.